The van der Waals surface area contributed by atoms with Gasteiger partial charge in [0.2, 0.25) is 0 Å². The van der Waals surface area contributed by atoms with Gasteiger partial charge in [-0.3, -0.25) is 18.6 Å². The van der Waals surface area contributed by atoms with Gasteiger partial charge < -0.3 is 39.9 Å². The van der Waals surface area contributed by atoms with Crippen LogP contribution in [0.3, 0.4) is 0 Å². The summed E-state index contributed by atoms with van der Waals surface area (Å²) in [6.07, 6.45) is 26.2. The van der Waals surface area contributed by atoms with E-state index in [2.05, 4.69) is 62.5 Å². The summed E-state index contributed by atoms with van der Waals surface area (Å²) in [5, 5.41) is 50.0. The first kappa shape index (κ1) is 53.8. The van der Waals surface area contributed by atoms with E-state index in [-0.39, 0.29) is 12.8 Å². The third-order valence-corrected chi connectivity index (χ3v) is 10.9. The van der Waals surface area contributed by atoms with Gasteiger partial charge in [-0.2, -0.15) is 0 Å². The Balaban J connectivity index is 2.42. The Bertz CT molecular complexity index is 1210. The number of ether oxygens (including phenoxy) is 2. The van der Waals surface area contributed by atoms with Crippen LogP contribution in [0.1, 0.15) is 162 Å². The molecule has 6 N–H and O–H groups in total. The Morgan fingerprint density at radius 3 is 1.50 bits per heavy atom. The van der Waals surface area contributed by atoms with E-state index in [1.165, 1.54) is 32.1 Å². The number of hydrogen-bond acceptors (Lipinski definition) is 12. The van der Waals surface area contributed by atoms with Crippen LogP contribution in [0.4, 0.5) is 0 Å². The zero-order valence-corrected chi connectivity index (χ0v) is 36.2. The number of allylic oxidation sites excluding steroid dienone is 8. The summed E-state index contributed by atoms with van der Waals surface area (Å²) in [7, 11) is -5.11. The summed E-state index contributed by atoms with van der Waals surface area (Å²) in [4.78, 5) is 35.5. The predicted molar refractivity (Wildman–Crippen MR) is 226 cm³/mol. The molecule has 13 nitrogen and oxygen atoms in total. The fraction of sp³-hybridized carbons (Fsp3) is 0.773. The van der Waals surface area contributed by atoms with Crippen molar-refractivity contribution < 1.29 is 63.1 Å². The molecule has 0 aromatic heterocycles. The Hall–Kier alpha value is -2.19. The number of carbonyl (C=O) groups is 2. The fourth-order valence-electron chi connectivity index (χ4n) is 6.40. The Morgan fingerprint density at radius 2 is 0.983 bits per heavy atom. The molecule has 0 aromatic rings. The number of unbranched alkanes of at least 4 members (excludes halogenated alkanes) is 15. The molecule has 0 radical (unpaired) electrons. The van der Waals surface area contributed by atoms with Gasteiger partial charge in [0.25, 0.3) is 0 Å². The van der Waals surface area contributed by atoms with Crippen molar-refractivity contribution in [3.63, 3.8) is 0 Å². The lowest BCUT2D eigenvalue weighted by atomic mass is 9.85. The van der Waals surface area contributed by atoms with Crippen LogP contribution >= 0.6 is 7.82 Å². The van der Waals surface area contributed by atoms with Gasteiger partial charge in [-0.05, 0) is 51.4 Å². The van der Waals surface area contributed by atoms with Gasteiger partial charge in [-0.25, -0.2) is 4.57 Å². The van der Waals surface area contributed by atoms with Crippen molar-refractivity contribution in [1.82, 2.24) is 0 Å². The highest BCUT2D eigenvalue weighted by Crippen LogP contribution is 2.47. The summed E-state index contributed by atoms with van der Waals surface area (Å²) in [5.41, 5.74) is 0. The van der Waals surface area contributed by atoms with Crippen molar-refractivity contribution in [1.29, 1.82) is 0 Å². The molecule has 6 atom stereocenters. The number of aliphatic hydroxyl groups excluding tert-OH is 5. The summed E-state index contributed by atoms with van der Waals surface area (Å²) in [6, 6.07) is 0. The first-order chi connectivity index (χ1) is 27.9. The molecule has 1 saturated carbocycles. The first-order valence-corrected chi connectivity index (χ1v) is 23.4. The third kappa shape index (κ3) is 26.8. The molecule has 6 unspecified atom stereocenters. The minimum Gasteiger partial charge on any atom is -0.462 e. The second-order valence-electron chi connectivity index (χ2n) is 15.2. The molecule has 1 aliphatic rings. The largest absolute Gasteiger partial charge is 0.472 e. The molecule has 0 heterocycles. The fourth-order valence-corrected chi connectivity index (χ4v) is 7.37. The van der Waals surface area contributed by atoms with E-state index >= 15 is 0 Å². The minimum absolute atomic E-state index is 0.0867. The SMILES string of the molecule is CC/C=C\C/C=C\C/C=C\C/C=C\CCCCCCCCCCC(=O)OC(COC(=O)CCCCCCCCCC)COP(=O)(O)OC1C(O)C(O)C(O)C(O)C1O. The number of rotatable bonds is 35. The van der Waals surface area contributed by atoms with Crippen LogP contribution in [0.25, 0.3) is 0 Å². The monoisotopic (exact) mass is 845 g/mol. The minimum atomic E-state index is -5.11. The van der Waals surface area contributed by atoms with E-state index in [9.17, 15) is 44.6 Å². The lowest BCUT2D eigenvalue weighted by Gasteiger charge is -2.41. The number of aliphatic hydroxyl groups is 5. The van der Waals surface area contributed by atoms with Crippen molar-refractivity contribution in [2.45, 2.75) is 204 Å². The molecule has 0 spiro atoms. The van der Waals surface area contributed by atoms with Crippen LogP contribution in [-0.2, 0) is 32.7 Å². The van der Waals surface area contributed by atoms with E-state index in [1.807, 2.05) is 0 Å². The highest BCUT2D eigenvalue weighted by Gasteiger charge is 2.51. The topological polar surface area (TPSA) is 210 Å². The van der Waals surface area contributed by atoms with Crippen molar-refractivity contribution in [3.8, 4) is 0 Å². The molecule has 0 aromatic carbocycles. The predicted octanol–water partition coefficient (Wildman–Crippen LogP) is 8.00. The summed E-state index contributed by atoms with van der Waals surface area (Å²) in [6.45, 7) is 3.12. The Labute approximate surface area is 348 Å². The van der Waals surface area contributed by atoms with E-state index < -0.39 is 75.7 Å². The van der Waals surface area contributed by atoms with Gasteiger partial charge in [0.15, 0.2) is 6.10 Å². The van der Waals surface area contributed by atoms with Gasteiger partial charge in [-0.1, -0.05) is 146 Å². The summed E-state index contributed by atoms with van der Waals surface area (Å²) < 4.78 is 33.4. The van der Waals surface area contributed by atoms with Gasteiger partial charge in [0.1, 0.15) is 43.2 Å². The Morgan fingerprint density at radius 1 is 0.552 bits per heavy atom. The zero-order valence-electron chi connectivity index (χ0n) is 35.3. The number of hydrogen-bond donors (Lipinski definition) is 6. The highest BCUT2D eigenvalue weighted by molar-refractivity contribution is 7.47. The maximum atomic E-state index is 12.8. The molecule has 0 aliphatic heterocycles. The zero-order chi connectivity index (χ0) is 42.9. The standard InChI is InChI=1S/C44H77O13P/c1-3-5-7-9-11-13-14-15-16-17-18-19-20-21-22-23-24-25-27-29-31-33-38(46)56-36(34-54-37(45)32-30-28-26-12-10-8-6-4-2)35-55-58(52,53)57-44-42(50)40(48)39(47)41(49)43(44)51/h5,7,11,13,15-16,18-19,36,39-44,47-51H,3-4,6,8-10,12,14,17,20-35H2,1-2H3,(H,52,53)/b7-5-,13-11-,16-15-,19-18-. The molecule has 336 valence electrons. The number of carbonyl (C=O) groups excluding carboxylic acids is 2. The van der Waals surface area contributed by atoms with Crippen LogP contribution in [0.15, 0.2) is 48.6 Å². The molecular formula is C44H77O13P. The first-order valence-electron chi connectivity index (χ1n) is 21.9. The smallest absolute Gasteiger partial charge is 0.462 e. The van der Waals surface area contributed by atoms with Gasteiger partial charge in [-0.15, -0.1) is 0 Å². The van der Waals surface area contributed by atoms with Gasteiger partial charge in [0.05, 0.1) is 6.61 Å². The average Bonchev–Trinajstić information content (AvgIpc) is 3.20. The molecule has 58 heavy (non-hydrogen) atoms. The second kappa shape index (κ2) is 34.5. The average molecular weight is 845 g/mol. The summed E-state index contributed by atoms with van der Waals surface area (Å²) in [5.74, 6) is -1.11. The number of phosphoric acid groups is 1. The summed E-state index contributed by atoms with van der Waals surface area (Å²) >= 11 is 0. The molecule has 14 heteroatoms. The third-order valence-electron chi connectivity index (χ3n) is 9.93. The molecule has 1 fully saturated rings. The van der Waals surface area contributed by atoms with Crippen molar-refractivity contribution in [2.24, 2.45) is 0 Å². The van der Waals surface area contributed by atoms with Crippen LogP contribution in [0.2, 0.25) is 0 Å². The van der Waals surface area contributed by atoms with Crippen molar-refractivity contribution in [2.75, 3.05) is 13.2 Å². The van der Waals surface area contributed by atoms with Gasteiger partial charge in [0, 0.05) is 12.8 Å². The lowest BCUT2D eigenvalue weighted by Crippen LogP contribution is -2.64. The van der Waals surface area contributed by atoms with Crippen LogP contribution < -0.4 is 0 Å². The van der Waals surface area contributed by atoms with Crippen molar-refractivity contribution >= 4 is 19.8 Å². The maximum absolute atomic E-state index is 12.8. The van der Waals surface area contributed by atoms with Crippen LogP contribution in [0.5, 0.6) is 0 Å². The van der Waals surface area contributed by atoms with E-state index in [0.717, 1.165) is 89.9 Å². The maximum Gasteiger partial charge on any atom is 0.472 e. The molecule has 1 rings (SSSR count). The molecule has 0 bridgehead atoms. The number of esters is 2. The van der Waals surface area contributed by atoms with Crippen molar-refractivity contribution in [3.05, 3.63) is 48.6 Å². The molecule has 0 saturated heterocycles. The van der Waals surface area contributed by atoms with E-state index in [0.29, 0.717) is 12.8 Å². The molecular weight excluding hydrogens is 767 g/mol. The Kier molecular flexibility index (Phi) is 32.0. The van der Waals surface area contributed by atoms with E-state index in [1.54, 1.807) is 0 Å². The molecule has 1 aliphatic carbocycles. The number of phosphoric ester groups is 1. The second-order valence-corrected chi connectivity index (χ2v) is 16.6. The van der Waals surface area contributed by atoms with Gasteiger partial charge >= 0.3 is 19.8 Å². The lowest BCUT2D eigenvalue weighted by molar-refractivity contribution is -0.220. The quantitative estimate of drug-likeness (QED) is 0.0155. The normalized spacial score (nSPS) is 23.0. The van der Waals surface area contributed by atoms with E-state index in [4.69, 9.17) is 18.5 Å². The van der Waals surface area contributed by atoms with Crippen LogP contribution in [0, 0.1) is 0 Å². The molecule has 0 amide bonds. The van der Waals surface area contributed by atoms with Crippen LogP contribution in [-0.4, -0.2) is 98.3 Å². The highest BCUT2D eigenvalue weighted by atomic mass is 31.2.